The molecule has 0 saturated heterocycles. The molecule has 1 heterocycles. The fraction of sp³-hybridized carbons (Fsp3) is 0.344. The Kier molecular flexibility index (Phi) is 10.00. The molecule has 0 spiro atoms. The number of fused-ring (bicyclic) bond motifs is 1. The molecule has 0 aromatic heterocycles. The van der Waals surface area contributed by atoms with Gasteiger partial charge in [-0.25, -0.2) is 4.39 Å². The molecule has 4 rings (SSSR count). The average Bonchev–Trinajstić information content (AvgIpc) is 3.04. The highest BCUT2D eigenvalue weighted by Crippen LogP contribution is 2.41. The van der Waals surface area contributed by atoms with Crippen LogP contribution in [0.25, 0.3) is 0 Å². The maximum Gasteiger partial charge on any atom is 0.471 e. The molecule has 3 aromatic rings. The van der Waals surface area contributed by atoms with Gasteiger partial charge in [0.15, 0.2) is 0 Å². The van der Waals surface area contributed by atoms with Gasteiger partial charge < -0.3 is 20.3 Å². The van der Waals surface area contributed by atoms with E-state index in [0.29, 0.717) is 27.4 Å². The Balaban J connectivity index is 1.69. The van der Waals surface area contributed by atoms with Crippen molar-refractivity contribution in [3.63, 3.8) is 0 Å². The smallest absolute Gasteiger partial charge is 0.355 e. The van der Waals surface area contributed by atoms with Crippen LogP contribution >= 0.6 is 11.6 Å². The molecule has 2 unspecified atom stereocenters. The van der Waals surface area contributed by atoms with E-state index in [1.54, 1.807) is 53.4 Å². The lowest BCUT2D eigenvalue weighted by atomic mass is 9.94. The van der Waals surface area contributed by atoms with Gasteiger partial charge in [0.2, 0.25) is 5.91 Å². The van der Waals surface area contributed by atoms with E-state index in [2.05, 4.69) is 5.32 Å². The second-order valence-corrected chi connectivity index (χ2v) is 12.1. The standard InChI is InChI=1S/C32H32ClF4N3O4/c1-31(2,3)18-40-25-12-11-22(33)14-23(25)28(20-9-6-7-19(13-20)16-39-30(43)32(35,36)37)44-26(29(40)42)15-27(41)38-17-21-8-4-5-10-24(21)34/h4-14,26,28H,15-18H2,1-3H3,(H,38,41)(H,39,43). The van der Waals surface area contributed by atoms with Crippen molar-refractivity contribution in [3.8, 4) is 0 Å². The van der Waals surface area contributed by atoms with E-state index in [4.69, 9.17) is 16.3 Å². The van der Waals surface area contributed by atoms with Crippen LogP contribution in [0.1, 0.15) is 55.5 Å². The van der Waals surface area contributed by atoms with Gasteiger partial charge in [-0.05, 0) is 40.8 Å². The first kappa shape index (κ1) is 32.9. The number of rotatable bonds is 8. The molecule has 44 heavy (non-hydrogen) atoms. The second kappa shape index (κ2) is 13.4. The average molecular weight is 634 g/mol. The summed E-state index contributed by atoms with van der Waals surface area (Å²) in [5.41, 5.74) is 1.76. The Bertz CT molecular complexity index is 1540. The third-order valence-electron chi connectivity index (χ3n) is 6.81. The van der Waals surface area contributed by atoms with Gasteiger partial charge in [-0.2, -0.15) is 13.2 Å². The lowest BCUT2D eigenvalue weighted by molar-refractivity contribution is -0.173. The van der Waals surface area contributed by atoms with E-state index in [1.807, 2.05) is 26.1 Å². The molecule has 0 saturated carbocycles. The van der Waals surface area contributed by atoms with Gasteiger partial charge in [-0.1, -0.05) is 74.8 Å². The van der Waals surface area contributed by atoms with Crippen molar-refractivity contribution in [2.45, 2.75) is 58.7 Å². The van der Waals surface area contributed by atoms with E-state index in [0.717, 1.165) is 0 Å². The van der Waals surface area contributed by atoms with Crippen LogP contribution in [0.15, 0.2) is 66.7 Å². The Morgan fingerprint density at radius 3 is 2.36 bits per heavy atom. The fourth-order valence-electron chi connectivity index (χ4n) is 4.83. The van der Waals surface area contributed by atoms with Gasteiger partial charge in [-0.3, -0.25) is 14.4 Å². The van der Waals surface area contributed by atoms with Crippen molar-refractivity contribution in [1.82, 2.24) is 10.6 Å². The number of ether oxygens (including phenoxy) is 1. The predicted molar refractivity (Wildman–Crippen MR) is 157 cm³/mol. The van der Waals surface area contributed by atoms with E-state index in [9.17, 15) is 31.9 Å². The third kappa shape index (κ3) is 8.35. The van der Waals surface area contributed by atoms with Crippen LogP contribution in [0.2, 0.25) is 5.02 Å². The molecular formula is C32H32ClF4N3O4. The summed E-state index contributed by atoms with van der Waals surface area (Å²) in [6.07, 6.45) is -7.65. The van der Waals surface area contributed by atoms with E-state index in [-0.39, 0.29) is 30.5 Å². The quantitative estimate of drug-likeness (QED) is 0.288. The number of hydrogen-bond donors (Lipinski definition) is 2. The maximum absolute atomic E-state index is 14.1. The van der Waals surface area contributed by atoms with E-state index < -0.39 is 48.5 Å². The summed E-state index contributed by atoms with van der Waals surface area (Å²) in [6, 6.07) is 17.3. The first-order valence-electron chi connectivity index (χ1n) is 13.8. The minimum atomic E-state index is -5.03. The zero-order valence-corrected chi connectivity index (χ0v) is 25.1. The molecule has 3 amide bonds. The molecule has 3 aromatic carbocycles. The molecular weight excluding hydrogens is 602 g/mol. The normalized spacial score (nSPS) is 17.1. The van der Waals surface area contributed by atoms with E-state index >= 15 is 0 Å². The summed E-state index contributed by atoms with van der Waals surface area (Å²) < 4.78 is 58.7. The van der Waals surface area contributed by atoms with Crippen LogP contribution in [0.3, 0.4) is 0 Å². The molecule has 2 atom stereocenters. The topological polar surface area (TPSA) is 87.7 Å². The zero-order chi connectivity index (χ0) is 32.2. The zero-order valence-electron chi connectivity index (χ0n) is 24.3. The van der Waals surface area contributed by atoms with Gasteiger partial charge in [0.25, 0.3) is 5.91 Å². The number of amides is 3. The van der Waals surface area contributed by atoms with Crippen molar-refractivity contribution < 1.29 is 36.7 Å². The number of hydrogen-bond acceptors (Lipinski definition) is 4. The van der Waals surface area contributed by atoms with Crippen LogP contribution < -0.4 is 15.5 Å². The van der Waals surface area contributed by atoms with Crippen molar-refractivity contribution in [2.75, 3.05) is 11.4 Å². The first-order valence-corrected chi connectivity index (χ1v) is 14.2. The van der Waals surface area contributed by atoms with E-state index in [1.165, 1.54) is 18.2 Å². The largest absolute Gasteiger partial charge is 0.471 e. The Morgan fingerprint density at radius 2 is 1.68 bits per heavy atom. The lowest BCUT2D eigenvalue weighted by Crippen LogP contribution is -2.45. The van der Waals surface area contributed by atoms with Gasteiger partial charge in [0.1, 0.15) is 18.0 Å². The van der Waals surface area contributed by atoms with Gasteiger partial charge in [0.05, 0.1) is 6.42 Å². The molecule has 0 fully saturated rings. The predicted octanol–water partition coefficient (Wildman–Crippen LogP) is 6.23. The SMILES string of the molecule is CC(C)(C)CN1C(=O)C(CC(=O)NCc2ccccc2F)OC(c2cccc(CNC(=O)C(F)(F)F)c2)c2cc(Cl)ccc21. The van der Waals surface area contributed by atoms with Crippen molar-refractivity contribution in [1.29, 1.82) is 0 Å². The number of carbonyl (C=O) groups is 3. The summed E-state index contributed by atoms with van der Waals surface area (Å²) in [4.78, 5) is 40.0. The molecule has 12 heteroatoms. The Labute approximate surface area is 257 Å². The molecule has 0 bridgehead atoms. The number of anilines is 1. The summed E-state index contributed by atoms with van der Waals surface area (Å²) in [6.45, 7) is 5.63. The minimum absolute atomic E-state index is 0.0942. The Morgan fingerprint density at radius 1 is 0.955 bits per heavy atom. The van der Waals surface area contributed by atoms with Crippen LogP contribution in [-0.2, 0) is 32.2 Å². The van der Waals surface area contributed by atoms with Crippen LogP contribution in [0.5, 0.6) is 0 Å². The number of halogens is 5. The highest BCUT2D eigenvalue weighted by Gasteiger charge is 2.40. The highest BCUT2D eigenvalue weighted by molar-refractivity contribution is 6.30. The molecule has 2 N–H and O–H groups in total. The first-order chi connectivity index (χ1) is 20.6. The lowest BCUT2D eigenvalue weighted by Gasteiger charge is -2.31. The third-order valence-corrected chi connectivity index (χ3v) is 7.04. The fourth-order valence-corrected chi connectivity index (χ4v) is 5.01. The van der Waals surface area contributed by atoms with Gasteiger partial charge in [0, 0.05) is 41.5 Å². The summed E-state index contributed by atoms with van der Waals surface area (Å²) in [5, 5.41) is 4.85. The molecule has 234 valence electrons. The molecule has 1 aliphatic heterocycles. The number of nitrogens with one attached hydrogen (secondary N) is 2. The molecule has 0 radical (unpaired) electrons. The molecule has 0 aliphatic carbocycles. The van der Waals surface area contributed by atoms with Gasteiger partial charge >= 0.3 is 12.1 Å². The number of benzene rings is 3. The van der Waals surface area contributed by atoms with Gasteiger partial charge in [-0.15, -0.1) is 0 Å². The summed E-state index contributed by atoms with van der Waals surface area (Å²) in [5.74, 6) is -3.57. The molecule has 1 aliphatic rings. The number of nitrogens with zero attached hydrogens (tertiary/aromatic N) is 1. The van der Waals surface area contributed by atoms with Crippen LogP contribution in [0, 0.1) is 11.2 Å². The Hall–Kier alpha value is -3.96. The minimum Gasteiger partial charge on any atom is -0.355 e. The van der Waals surface area contributed by atoms with Crippen molar-refractivity contribution in [3.05, 3.63) is 99.8 Å². The maximum atomic E-state index is 14.1. The van der Waals surface area contributed by atoms with Crippen LogP contribution in [-0.4, -0.2) is 36.5 Å². The van der Waals surface area contributed by atoms with Crippen molar-refractivity contribution >= 4 is 35.0 Å². The molecule has 7 nitrogen and oxygen atoms in total. The highest BCUT2D eigenvalue weighted by atomic mass is 35.5. The van der Waals surface area contributed by atoms with Crippen molar-refractivity contribution in [2.24, 2.45) is 5.41 Å². The summed E-state index contributed by atoms with van der Waals surface area (Å²) >= 11 is 6.38. The summed E-state index contributed by atoms with van der Waals surface area (Å²) in [7, 11) is 0. The number of carbonyl (C=O) groups excluding carboxylic acids is 3. The van der Waals surface area contributed by atoms with Crippen LogP contribution in [0.4, 0.5) is 23.2 Å². The second-order valence-electron chi connectivity index (χ2n) is 11.7. The monoisotopic (exact) mass is 633 g/mol. The number of alkyl halides is 3.